The van der Waals surface area contributed by atoms with Crippen molar-refractivity contribution in [3.8, 4) is 11.9 Å². The van der Waals surface area contributed by atoms with E-state index < -0.39 is 23.9 Å². The summed E-state index contributed by atoms with van der Waals surface area (Å²) in [5.74, 6) is 0.0792. The van der Waals surface area contributed by atoms with E-state index in [1.165, 1.54) is 16.7 Å². The van der Waals surface area contributed by atoms with Crippen LogP contribution in [0.3, 0.4) is 0 Å². The SMILES string of the molecule is CCO[C@H]1CN(c2cc(=O)n(C)c3ccc(C#N)nc23)CC[C@@H]1Oc1ccc(C(F)(F)F)cn1. The van der Waals surface area contributed by atoms with Crippen LogP contribution in [0.25, 0.3) is 11.0 Å². The summed E-state index contributed by atoms with van der Waals surface area (Å²) in [5.41, 5.74) is 0.889. The Kier molecular flexibility index (Phi) is 6.43. The number of aromatic nitrogens is 3. The molecule has 8 nitrogen and oxygen atoms in total. The van der Waals surface area contributed by atoms with Crippen molar-refractivity contribution in [2.75, 3.05) is 24.6 Å². The molecule has 3 aromatic heterocycles. The molecule has 0 saturated carbocycles. The van der Waals surface area contributed by atoms with Crippen molar-refractivity contribution >= 4 is 16.7 Å². The van der Waals surface area contributed by atoms with E-state index in [9.17, 15) is 23.2 Å². The van der Waals surface area contributed by atoms with E-state index in [0.717, 1.165) is 12.3 Å². The molecule has 1 fully saturated rings. The van der Waals surface area contributed by atoms with Crippen molar-refractivity contribution in [1.82, 2.24) is 14.5 Å². The Bertz CT molecular complexity index is 1280. The van der Waals surface area contributed by atoms with Crippen LogP contribution in [0.15, 0.2) is 41.3 Å². The lowest BCUT2D eigenvalue weighted by molar-refractivity contribution is -0.137. The average Bonchev–Trinajstić information content (AvgIpc) is 2.82. The third kappa shape index (κ3) is 4.68. The van der Waals surface area contributed by atoms with Gasteiger partial charge in [-0.05, 0) is 25.1 Å². The summed E-state index contributed by atoms with van der Waals surface area (Å²) in [5, 5.41) is 9.27. The molecule has 0 aromatic carbocycles. The Morgan fingerprint density at radius 2 is 2.03 bits per heavy atom. The first-order valence-corrected chi connectivity index (χ1v) is 10.7. The van der Waals surface area contributed by atoms with Gasteiger partial charge in [-0.2, -0.15) is 18.4 Å². The summed E-state index contributed by atoms with van der Waals surface area (Å²) in [6.45, 7) is 3.07. The maximum absolute atomic E-state index is 12.8. The predicted octanol–water partition coefficient (Wildman–Crippen LogP) is 3.28. The molecule has 0 spiro atoms. The number of ether oxygens (including phenoxy) is 2. The van der Waals surface area contributed by atoms with Gasteiger partial charge in [0, 0.05) is 51.5 Å². The number of fused-ring (bicyclic) bond motifs is 1. The molecule has 4 rings (SSSR count). The van der Waals surface area contributed by atoms with Gasteiger partial charge in [-0.1, -0.05) is 0 Å². The highest BCUT2D eigenvalue weighted by Crippen LogP contribution is 2.31. The lowest BCUT2D eigenvalue weighted by Crippen LogP contribution is -2.51. The minimum Gasteiger partial charge on any atom is -0.471 e. The lowest BCUT2D eigenvalue weighted by atomic mass is 10.0. The van der Waals surface area contributed by atoms with Gasteiger partial charge in [0.2, 0.25) is 5.88 Å². The van der Waals surface area contributed by atoms with Crippen LogP contribution >= 0.6 is 0 Å². The lowest BCUT2D eigenvalue weighted by Gasteiger charge is -2.39. The molecular formula is C23H22F3N5O3. The summed E-state index contributed by atoms with van der Waals surface area (Å²) in [4.78, 5) is 22.7. The van der Waals surface area contributed by atoms with Gasteiger partial charge >= 0.3 is 6.18 Å². The van der Waals surface area contributed by atoms with Crippen molar-refractivity contribution < 1.29 is 22.6 Å². The standard InChI is InChI=1S/C23H22F3N5O3/c1-3-33-19-13-31(9-8-18(19)34-20-7-4-14(12-28-20)23(24,25)26)17-10-21(32)30(2)16-6-5-15(11-27)29-22(16)17/h4-7,10,12,18-19H,3,8-9,13H2,1-2H3/t18-,19-/m0/s1. The number of nitrogens with zero attached hydrogens (tertiary/aromatic N) is 5. The van der Waals surface area contributed by atoms with E-state index in [4.69, 9.17) is 9.47 Å². The molecule has 0 amide bonds. The third-order valence-electron chi connectivity index (χ3n) is 5.74. The molecule has 2 atom stereocenters. The third-order valence-corrected chi connectivity index (χ3v) is 5.74. The summed E-state index contributed by atoms with van der Waals surface area (Å²) >= 11 is 0. The Balaban J connectivity index is 1.60. The number of hydrogen-bond acceptors (Lipinski definition) is 7. The summed E-state index contributed by atoms with van der Waals surface area (Å²) in [7, 11) is 1.64. The molecule has 0 aliphatic carbocycles. The summed E-state index contributed by atoms with van der Waals surface area (Å²) < 4.78 is 51.6. The van der Waals surface area contributed by atoms with Crippen LogP contribution in [0.4, 0.5) is 18.9 Å². The van der Waals surface area contributed by atoms with Crippen LogP contribution in [0.1, 0.15) is 24.6 Å². The number of aryl methyl sites for hydroxylation is 1. The molecule has 11 heteroatoms. The molecule has 0 N–H and O–H groups in total. The number of nitriles is 1. The van der Waals surface area contributed by atoms with Crippen LogP contribution in [0.5, 0.6) is 5.88 Å². The topological polar surface area (TPSA) is 93.3 Å². The highest BCUT2D eigenvalue weighted by Gasteiger charge is 2.34. The number of anilines is 1. The molecule has 0 unspecified atom stereocenters. The first-order valence-electron chi connectivity index (χ1n) is 10.7. The molecular weight excluding hydrogens is 451 g/mol. The summed E-state index contributed by atoms with van der Waals surface area (Å²) in [6, 6.07) is 8.88. The van der Waals surface area contributed by atoms with Crippen molar-refractivity contribution in [1.29, 1.82) is 5.26 Å². The summed E-state index contributed by atoms with van der Waals surface area (Å²) in [6.07, 6.45) is -4.13. The van der Waals surface area contributed by atoms with Crippen LogP contribution in [-0.4, -0.2) is 46.4 Å². The van der Waals surface area contributed by atoms with Crippen LogP contribution in [0.2, 0.25) is 0 Å². The number of hydrogen-bond donors (Lipinski definition) is 0. The quantitative estimate of drug-likeness (QED) is 0.561. The van der Waals surface area contributed by atoms with E-state index in [1.807, 2.05) is 17.9 Å². The second-order valence-corrected chi connectivity index (χ2v) is 7.87. The number of pyridine rings is 3. The monoisotopic (exact) mass is 473 g/mol. The minimum atomic E-state index is -4.47. The zero-order valence-electron chi connectivity index (χ0n) is 18.5. The molecule has 178 valence electrons. The van der Waals surface area contributed by atoms with Gasteiger partial charge in [0.1, 0.15) is 29.5 Å². The van der Waals surface area contributed by atoms with Gasteiger partial charge in [0.15, 0.2) is 0 Å². The van der Waals surface area contributed by atoms with Crippen molar-refractivity contribution in [2.24, 2.45) is 7.05 Å². The molecule has 3 aromatic rings. The average molecular weight is 473 g/mol. The molecule has 1 saturated heterocycles. The van der Waals surface area contributed by atoms with Gasteiger partial charge in [0.05, 0.1) is 16.8 Å². The Morgan fingerprint density at radius 3 is 2.68 bits per heavy atom. The van der Waals surface area contributed by atoms with E-state index in [2.05, 4.69) is 9.97 Å². The van der Waals surface area contributed by atoms with Crippen LogP contribution in [-0.2, 0) is 18.0 Å². The predicted molar refractivity (Wildman–Crippen MR) is 118 cm³/mol. The molecule has 0 bridgehead atoms. The number of rotatable bonds is 5. The van der Waals surface area contributed by atoms with Gasteiger partial charge in [0.25, 0.3) is 5.56 Å². The van der Waals surface area contributed by atoms with Crippen molar-refractivity contribution in [3.05, 3.63) is 58.1 Å². The smallest absolute Gasteiger partial charge is 0.417 e. The Morgan fingerprint density at radius 1 is 1.24 bits per heavy atom. The normalized spacial score (nSPS) is 18.6. The zero-order valence-corrected chi connectivity index (χ0v) is 18.5. The molecule has 1 aliphatic heterocycles. The van der Waals surface area contributed by atoms with E-state index >= 15 is 0 Å². The van der Waals surface area contributed by atoms with Gasteiger partial charge in [-0.25, -0.2) is 9.97 Å². The minimum absolute atomic E-state index is 0.0792. The van der Waals surface area contributed by atoms with E-state index in [1.54, 1.807) is 19.2 Å². The second kappa shape index (κ2) is 9.30. The molecule has 0 radical (unpaired) electrons. The Labute approximate surface area is 193 Å². The van der Waals surface area contributed by atoms with E-state index in [-0.39, 0.29) is 17.1 Å². The Hall–Kier alpha value is -3.65. The number of piperidine rings is 1. The largest absolute Gasteiger partial charge is 0.471 e. The first kappa shape index (κ1) is 23.5. The second-order valence-electron chi connectivity index (χ2n) is 7.87. The fraction of sp³-hybridized carbons (Fsp3) is 0.391. The number of halogens is 3. The van der Waals surface area contributed by atoms with Crippen LogP contribution in [0, 0.1) is 11.3 Å². The highest BCUT2D eigenvalue weighted by molar-refractivity contribution is 5.88. The van der Waals surface area contributed by atoms with Gasteiger partial charge in [-0.15, -0.1) is 0 Å². The fourth-order valence-corrected chi connectivity index (χ4v) is 4.01. The van der Waals surface area contributed by atoms with Gasteiger partial charge in [-0.3, -0.25) is 4.79 Å². The fourth-order valence-electron chi connectivity index (χ4n) is 4.01. The van der Waals surface area contributed by atoms with Crippen molar-refractivity contribution in [3.63, 3.8) is 0 Å². The highest BCUT2D eigenvalue weighted by atomic mass is 19.4. The number of alkyl halides is 3. The maximum Gasteiger partial charge on any atom is 0.417 e. The molecule has 4 heterocycles. The van der Waals surface area contributed by atoms with E-state index in [0.29, 0.717) is 42.8 Å². The van der Waals surface area contributed by atoms with Gasteiger partial charge < -0.3 is 18.9 Å². The first-order chi connectivity index (χ1) is 16.2. The maximum atomic E-state index is 12.8. The molecule has 34 heavy (non-hydrogen) atoms. The van der Waals surface area contributed by atoms with Crippen molar-refractivity contribution in [2.45, 2.75) is 31.7 Å². The molecule has 1 aliphatic rings. The van der Waals surface area contributed by atoms with Crippen LogP contribution < -0.4 is 15.2 Å². The zero-order chi connectivity index (χ0) is 24.5.